The van der Waals surface area contributed by atoms with Crippen LogP contribution in [0.2, 0.25) is 0 Å². The Morgan fingerprint density at radius 3 is 2.56 bits per heavy atom. The molecule has 1 aromatic rings. The number of allylic oxidation sites excluding steroid dienone is 1. The van der Waals surface area contributed by atoms with E-state index in [0.717, 1.165) is 29.5 Å². The first-order chi connectivity index (χ1) is 7.63. The van der Waals surface area contributed by atoms with Gasteiger partial charge in [0, 0.05) is 0 Å². The predicted octanol–water partition coefficient (Wildman–Crippen LogP) is 3.46. The molecule has 0 aliphatic rings. The Morgan fingerprint density at radius 2 is 2.06 bits per heavy atom. The molecule has 0 saturated carbocycles. The van der Waals surface area contributed by atoms with Gasteiger partial charge in [0.25, 0.3) is 0 Å². The van der Waals surface area contributed by atoms with Gasteiger partial charge in [0.1, 0.15) is 0 Å². The normalized spacial score (nSPS) is 9.94. The Balaban J connectivity index is 3.16. The first kappa shape index (κ1) is 12.5. The molecule has 0 radical (unpaired) electrons. The molecule has 0 saturated heterocycles. The standard InChI is InChI=1S/C14H18O2/c1-5-10(3)12-7-8-13(14(15)16-4)11(6-2)9-12/h7-9H,3,5-6H2,1-2,4H3. The molecule has 2 heteroatoms. The van der Waals surface area contributed by atoms with Gasteiger partial charge in [0.05, 0.1) is 12.7 Å². The van der Waals surface area contributed by atoms with Gasteiger partial charge in [-0.15, -0.1) is 0 Å². The molecule has 0 fully saturated rings. The second-order valence-electron chi connectivity index (χ2n) is 3.67. The highest BCUT2D eigenvalue weighted by molar-refractivity contribution is 5.91. The number of carbonyl (C=O) groups excluding carboxylic acids is 1. The second kappa shape index (κ2) is 5.50. The summed E-state index contributed by atoms with van der Waals surface area (Å²) in [4.78, 5) is 11.5. The van der Waals surface area contributed by atoms with Crippen molar-refractivity contribution >= 4 is 11.5 Å². The van der Waals surface area contributed by atoms with E-state index in [1.54, 1.807) is 0 Å². The molecule has 2 nitrogen and oxygen atoms in total. The fourth-order valence-corrected chi connectivity index (χ4v) is 1.62. The van der Waals surface area contributed by atoms with Crippen LogP contribution in [0.1, 0.15) is 41.8 Å². The third-order valence-electron chi connectivity index (χ3n) is 2.73. The fraction of sp³-hybridized carbons (Fsp3) is 0.357. The molecule has 16 heavy (non-hydrogen) atoms. The average Bonchev–Trinajstić information content (AvgIpc) is 2.35. The van der Waals surface area contributed by atoms with E-state index in [-0.39, 0.29) is 5.97 Å². The van der Waals surface area contributed by atoms with E-state index in [1.165, 1.54) is 7.11 Å². The Morgan fingerprint density at radius 1 is 1.38 bits per heavy atom. The van der Waals surface area contributed by atoms with Crippen LogP contribution in [0.25, 0.3) is 5.57 Å². The van der Waals surface area contributed by atoms with Crippen molar-refractivity contribution in [2.75, 3.05) is 7.11 Å². The SMILES string of the molecule is C=C(CC)c1ccc(C(=O)OC)c(CC)c1. The van der Waals surface area contributed by atoms with Gasteiger partial charge >= 0.3 is 5.97 Å². The lowest BCUT2D eigenvalue weighted by molar-refractivity contribution is 0.0599. The zero-order valence-electron chi connectivity index (χ0n) is 10.2. The summed E-state index contributed by atoms with van der Waals surface area (Å²) in [5.74, 6) is -0.273. The third-order valence-corrected chi connectivity index (χ3v) is 2.73. The molecule has 0 aliphatic carbocycles. The molecule has 0 amide bonds. The monoisotopic (exact) mass is 218 g/mol. The van der Waals surface area contributed by atoms with E-state index in [9.17, 15) is 4.79 Å². The van der Waals surface area contributed by atoms with Crippen molar-refractivity contribution in [1.29, 1.82) is 0 Å². The number of rotatable bonds is 4. The van der Waals surface area contributed by atoms with Crippen LogP contribution in [0.5, 0.6) is 0 Å². The molecule has 86 valence electrons. The molecule has 0 aliphatic heterocycles. The van der Waals surface area contributed by atoms with Crippen LogP contribution in [0, 0.1) is 0 Å². The van der Waals surface area contributed by atoms with Crippen LogP contribution >= 0.6 is 0 Å². The van der Waals surface area contributed by atoms with Gasteiger partial charge in [-0.05, 0) is 35.6 Å². The molecule has 0 spiro atoms. The summed E-state index contributed by atoms with van der Waals surface area (Å²) < 4.78 is 4.74. The highest BCUT2D eigenvalue weighted by Crippen LogP contribution is 2.20. The number of benzene rings is 1. The number of carbonyl (C=O) groups is 1. The van der Waals surface area contributed by atoms with Crippen molar-refractivity contribution in [3.05, 3.63) is 41.5 Å². The van der Waals surface area contributed by atoms with Crippen LogP contribution in [-0.4, -0.2) is 13.1 Å². The molecule has 0 atom stereocenters. The summed E-state index contributed by atoms with van der Waals surface area (Å²) in [6.45, 7) is 8.10. The quantitative estimate of drug-likeness (QED) is 0.723. The van der Waals surface area contributed by atoms with Crippen LogP contribution in [0.15, 0.2) is 24.8 Å². The van der Waals surface area contributed by atoms with Crippen LogP contribution < -0.4 is 0 Å². The summed E-state index contributed by atoms with van der Waals surface area (Å²) in [6.07, 6.45) is 1.73. The minimum Gasteiger partial charge on any atom is -0.465 e. The summed E-state index contributed by atoms with van der Waals surface area (Å²) >= 11 is 0. The number of hydrogen-bond acceptors (Lipinski definition) is 2. The smallest absolute Gasteiger partial charge is 0.338 e. The predicted molar refractivity (Wildman–Crippen MR) is 66.5 cm³/mol. The molecule has 0 N–H and O–H groups in total. The molecule has 0 heterocycles. The van der Waals surface area contributed by atoms with Crippen molar-refractivity contribution in [2.24, 2.45) is 0 Å². The number of hydrogen-bond donors (Lipinski definition) is 0. The van der Waals surface area contributed by atoms with Gasteiger partial charge in [-0.3, -0.25) is 0 Å². The molecule has 1 aromatic carbocycles. The van der Waals surface area contributed by atoms with Gasteiger partial charge in [-0.25, -0.2) is 4.79 Å². The summed E-state index contributed by atoms with van der Waals surface area (Å²) in [5, 5.41) is 0. The zero-order chi connectivity index (χ0) is 12.1. The number of ether oxygens (including phenoxy) is 1. The first-order valence-corrected chi connectivity index (χ1v) is 5.53. The van der Waals surface area contributed by atoms with Crippen molar-refractivity contribution in [1.82, 2.24) is 0 Å². The van der Waals surface area contributed by atoms with Crippen molar-refractivity contribution in [3.8, 4) is 0 Å². The van der Waals surface area contributed by atoms with Gasteiger partial charge < -0.3 is 4.74 Å². The largest absolute Gasteiger partial charge is 0.465 e. The van der Waals surface area contributed by atoms with E-state index in [4.69, 9.17) is 4.74 Å². The highest BCUT2D eigenvalue weighted by atomic mass is 16.5. The topological polar surface area (TPSA) is 26.3 Å². The van der Waals surface area contributed by atoms with E-state index in [1.807, 2.05) is 25.1 Å². The van der Waals surface area contributed by atoms with Crippen LogP contribution in [-0.2, 0) is 11.2 Å². The van der Waals surface area contributed by atoms with Gasteiger partial charge in [0.15, 0.2) is 0 Å². The maximum Gasteiger partial charge on any atom is 0.338 e. The van der Waals surface area contributed by atoms with E-state index < -0.39 is 0 Å². The van der Waals surface area contributed by atoms with Crippen molar-refractivity contribution in [3.63, 3.8) is 0 Å². The lowest BCUT2D eigenvalue weighted by atomic mass is 9.97. The average molecular weight is 218 g/mol. The Bertz CT molecular complexity index is 405. The Kier molecular flexibility index (Phi) is 4.29. The van der Waals surface area contributed by atoms with Gasteiger partial charge in [-0.2, -0.15) is 0 Å². The van der Waals surface area contributed by atoms with Crippen molar-refractivity contribution in [2.45, 2.75) is 26.7 Å². The van der Waals surface area contributed by atoms with Crippen LogP contribution in [0.4, 0.5) is 0 Å². The van der Waals surface area contributed by atoms with E-state index in [0.29, 0.717) is 5.56 Å². The van der Waals surface area contributed by atoms with Gasteiger partial charge in [-0.1, -0.05) is 32.6 Å². The fourth-order valence-electron chi connectivity index (χ4n) is 1.62. The number of aryl methyl sites for hydroxylation is 1. The minimum atomic E-state index is -0.273. The number of esters is 1. The first-order valence-electron chi connectivity index (χ1n) is 5.53. The summed E-state index contributed by atoms with van der Waals surface area (Å²) in [7, 11) is 1.40. The summed E-state index contributed by atoms with van der Waals surface area (Å²) in [5.41, 5.74) is 3.86. The minimum absolute atomic E-state index is 0.273. The molecular weight excluding hydrogens is 200 g/mol. The maximum atomic E-state index is 11.5. The van der Waals surface area contributed by atoms with Crippen LogP contribution in [0.3, 0.4) is 0 Å². The third kappa shape index (κ3) is 2.51. The van der Waals surface area contributed by atoms with Gasteiger partial charge in [0.2, 0.25) is 0 Å². The molecule has 1 rings (SSSR count). The Labute approximate surface area is 96.9 Å². The van der Waals surface area contributed by atoms with E-state index in [2.05, 4.69) is 13.5 Å². The summed E-state index contributed by atoms with van der Waals surface area (Å²) in [6, 6.07) is 5.77. The van der Waals surface area contributed by atoms with E-state index >= 15 is 0 Å². The molecule has 0 unspecified atom stereocenters. The maximum absolute atomic E-state index is 11.5. The van der Waals surface area contributed by atoms with Crippen molar-refractivity contribution < 1.29 is 9.53 Å². The zero-order valence-corrected chi connectivity index (χ0v) is 10.2. The lowest BCUT2D eigenvalue weighted by Crippen LogP contribution is -2.05. The Hall–Kier alpha value is -1.57. The lowest BCUT2D eigenvalue weighted by Gasteiger charge is -2.09. The molecule has 0 bridgehead atoms. The molecule has 0 aromatic heterocycles. The number of methoxy groups -OCH3 is 1. The molecular formula is C14H18O2. The second-order valence-corrected chi connectivity index (χ2v) is 3.67. The highest BCUT2D eigenvalue weighted by Gasteiger charge is 2.11.